The Labute approximate surface area is 188 Å². The van der Waals surface area contributed by atoms with Gasteiger partial charge in [0, 0.05) is 24.5 Å². The molecule has 1 aromatic rings. The molecule has 0 atom stereocenters. The molecule has 0 bridgehead atoms. The van der Waals surface area contributed by atoms with Gasteiger partial charge in [0.15, 0.2) is 16.6 Å². The minimum absolute atomic E-state index is 0.0615. The predicted octanol–water partition coefficient (Wildman–Crippen LogP) is 4.01. The van der Waals surface area contributed by atoms with E-state index in [4.69, 9.17) is 21.7 Å². The van der Waals surface area contributed by atoms with Crippen molar-refractivity contribution in [2.45, 2.75) is 43.4 Å². The van der Waals surface area contributed by atoms with E-state index in [0.29, 0.717) is 28.9 Å². The van der Waals surface area contributed by atoms with Crippen LogP contribution in [0.5, 0.6) is 11.5 Å². The van der Waals surface area contributed by atoms with Crippen LogP contribution in [0.15, 0.2) is 34.7 Å². The van der Waals surface area contributed by atoms with E-state index in [9.17, 15) is 4.79 Å². The third-order valence-corrected chi connectivity index (χ3v) is 6.71. The lowest BCUT2D eigenvalue weighted by Gasteiger charge is -2.30. The fourth-order valence-electron chi connectivity index (χ4n) is 3.76. The standard InChI is InChI=1S/C22H31N3O3S2/c1-27-19-10-9-18(15-20(19)28-2)30-16-21(26)24-13-6-14-25(24)22(29)23-12-11-17-7-4-3-5-8-17/h7,9-10,15H,3-6,8,11-14,16H2,1-2H3,(H,23,29). The van der Waals surface area contributed by atoms with E-state index < -0.39 is 0 Å². The molecule has 1 amide bonds. The zero-order valence-electron chi connectivity index (χ0n) is 17.8. The molecule has 1 aliphatic carbocycles. The van der Waals surface area contributed by atoms with Crippen LogP contribution in [0.2, 0.25) is 0 Å². The fourth-order valence-corrected chi connectivity index (χ4v) is 4.85. The van der Waals surface area contributed by atoms with Crippen LogP contribution >= 0.6 is 24.0 Å². The number of nitrogens with one attached hydrogen (secondary N) is 1. The highest BCUT2D eigenvalue weighted by Crippen LogP contribution is 2.32. The molecule has 0 aromatic heterocycles. The van der Waals surface area contributed by atoms with Gasteiger partial charge in [-0.05, 0) is 68.9 Å². The van der Waals surface area contributed by atoms with Crippen LogP contribution in [0.4, 0.5) is 0 Å². The number of carbonyl (C=O) groups is 1. The third-order valence-electron chi connectivity index (χ3n) is 5.38. The van der Waals surface area contributed by atoms with Crippen molar-refractivity contribution >= 4 is 35.0 Å². The van der Waals surface area contributed by atoms with Crippen LogP contribution < -0.4 is 14.8 Å². The van der Waals surface area contributed by atoms with E-state index in [1.165, 1.54) is 43.0 Å². The summed E-state index contributed by atoms with van der Waals surface area (Å²) in [6, 6.07) is 5.69. The number of allylic oxidation sites excluding steroid dienone is 1. The molecule has 1 heterocycles. The maximum Gasteiger partial charge on any atom is 0.251 e. The summed E-state index contributed by atoms with van der Waals surface area (Å²) in [6.45, 7) is 2.31. The molecule has 0 radical (unpaired) electrons. The van der Waals surface area contributed by atoms with Crippen LogP contribution in [-0.2, 0) is 4.79 Å². The molecule has 1 N–H and O–H groups in total. The molecular formula is C22H31N3O3S2. The van der Waals surface area contributed by atoms with Gasteiger partial charge >= 0.3 is 0 Å². The van der Waals surface area contributed by atoms with E-state index in [1.807, 2.05) is 23.2 Å². The number of hydrazine groups is 1. The van der Waals surface area contributed by atoms with Gasteiger partial charge in [0.1, 0.15) is 0 Å². The van der Waals surface area contributed by atoms with E-state index in [1.54, 1.807) is 19.2 Å². The SMILES string of the molecule is COc1ccc(SCC(=O)N2CCCN2C(=S)NCCC2=CCCCC2)cc1OC. The van der Waals surface area contributed by atoms with Gasteiger partial charge in [0.25, 0.3) is 5.91 Å². The first-order chi connectivity index (χ1) is 14.6. The lowest BCUT2D eigenvalue weighted by molar-refractivity contribution is -0.135. The highest BCUT2D eigenvalue weighted by molar-refractivity contribution is 8.00. The summed E-state index contributed by atoms with van der Waals surface area (Å²) < 4.78 is 10.6. The minimum Gasteiger partial charge on any atom is -0.493 e. The van der Waals surface area contributed by atoms with Crippen LogP contribution in [0.25, 0.3) is 0 Å². The lowest BCUT2D eigenvalue weighted by atomic mass is 9.97. The van der Waals surface area contributed by atoms with Crippen LogP contribution in [0, 0.1) is 0 Å². The smallest absolute Gasteiger partial charge is 0.251 e. The topological polar surface area (TPSA) is 54.0 Å². The molecule has 30 heavy (non-hydrogen) atoms. The van der Waals surface area contributed by atoms with Gasteiger partial charge in [-0.1, -0.05) is 11.6 Å². The molecule has 0 unspecified atom stereocenters. The first-order valence-corrected chi connectivity index (χ1v) is 11.9. The zero-order chi connectivity index (χ0) is 21.3. The maximum atomic E-state index is 12.8. The Kier molecular flexibility index (Phi) is 8.69. The van der Waals surface area contributed by atoms with Gasteiger partial charge in [-0.3, -0.25) is 14.8 Å². The second-order valence-corrected chi connectivity index (χ2v) is 8.82. The van der Waals surface area contributed by atoms with E-state index in [0.717, 1.165) is 30.8 Å². The molecular weight excluding hydrogens is 418 g/mol. The van der Waals surface area contributed by atoms with Gasteiger partial charge < -0.3 is 14.8 Å². The Morgan fingerprint density at radius 3 is 2.67 bits per heavy atom. The normalized spacial score (nSPS) is 16.3. The van der Waals surface area contributed by atoms with Crippen molar-refractivity contribution in [2.75, 3.05) is 39.6 Å². The zero-order valence-corrected chi connectivity index (χ0v) is 19.4. The number of thiocarbonyl (C=S) groups is 1. The Morgan fingerprint density at radius 2 is 1.93 bits per heavy atom. The first-order valence-electron chi connectivity index (χ1n) is 10.5. The average molecular weight is 450 g/mol. The molecule has 8 heteroatoms. The Bertz CT molecular complexity index is 785. The lowest BCUT2D eigenvalue weighted by Crippen LogP contribution is -2.49. The summed E-state index contributed by atoms with van der Waals surface area (Å²) in [4.78, 5) is 13.8. The quantitative estimate of drug-likeness (QED) is 0.366. The van der Waals surface area contributed by atoms with Gasteiger partial charge in [-0.15, -0.1) is 11.8 Å². The monoisotopic (exact) mass is 449 g/mol. The maximum absolute atomic E-state index is 12.8. The van der Waals surface area contributed by atoms with Gasteiger partial charge in [0.2, 0.25) is 0 Å². The number of hydrogen-bond donors (Lipinski definition) is 1. The van der Waals surface area contributed by atoms with Gasteiger partial charge in [0.05, 0.1) is 20.0 Å². The van der Waals surface area contributed by atoms with Crippen molar-refractivity contribution < 1.29 is 14.3 Å². The molecule has 1 aromatic carbocycles. The molecule has 1 fully saturated rings. The summed E-state index contributed by atoms with van der Waals surface area (Å²) >= 11 is 7.07. The first kappa shape index (κ1) is 22.7. The summed E-state index contributed by atoms with van der Waals surface area (Å²) in [6.07, 6.45) is 9.33. The molecule has 0 saturated carbocycles. The number of rotatable bonds is 8. The van der Waals surface area contributed by atoms with Crippen molar-refractivity contribution in [2.24, 2.45) is 0 Å². The highest BCUT2D eigenvalue weighted by Gasteiger charge is 2.28. The molecule has 164 valence electrons. The Balaban J connectivity index is 1.48. The van der Waals surface area contributed by atoms with Gasteiger partial charge in [-0.2, -0.15) is 0 Å². The highest BCUT2D eigenvalue weighted by atomic mass is 32.2. The molecule has 3 rings (SSSR count). The fraction of sp³-hybridized carbons (Fsp3) is 0.545. The summed E-state index contributed by atoms with van der Waals surface area (Å²) in [5.74, 6) is 1.75. The number of ether oxygens (including phenoxy) is 2. The van der Waals surface area contributed by atoms with E-state index in [2.05, 4.69) is 11.4 Å². The number of methoxy groups -OCH3 is 2. The Hall–Kier alpha value is -1.93. The molecule has 1 aliphatic heterocycles. The van der Waals surface area contributed by atoms with Crippen LogP contribution in [-0.4, -0.2) is 60.6 Å². The van der Waals surface area contributed by atoms with Crippen molar-refractivity contribution in [1.82, 2.24) is 15.3 Å². The molecule has 6 nitrogen and oxygen atoms in total. The van der Waals surface area contributed by atoms with Gasteiger partial charge in [-0.25, -0.2) is 0 Å². The number of benzene rings is 1. The number of amides is 1. The van der Waals surface area contributed by atoms with E-state index >= 15 is 0 Å². The number of hydrogen-bond acceptors (Lipinski definition) is 5. The predicted molar refractivity (Wildman–Crippen MR) is 125 cm³/mol. The van der Waals surface area contributed by atoms with E-state index in [-0.39, 0.29) is 5.91 Å². The summed E-state index contributed by atoms with van der Waals surface area (Å²) in [5, 5.41) is 7.69. The number of thioether (sulfide) groups is 1. The summed E-state index contributed by atoms with van der Waals surface area (Å²) in [5.41, 5.74) is 1.53. The van der Waals surface area contributed by atoms with Crippen molar-refractivity contribution in [3.05, 3.63) is 29.8 Å². The number of carbonyl (C=O) groups excluding carboxylic acids is 1. The van der Waals surface area contributed by atoms with Crippen LogP contribution in [0.1, 0.15) is 38.5 Å². The molecule has 2 aliphatic rings. The van der Waals surface area contributed by atoms with Crippen LogP contribution in [0.3, 0.4) is 0 Å². The largest absolute Gasteiger partial charge is 0.493 e. The molecule has 0 spiro atoms. The number of nitrogens with zero attached hydrogens (tertiary/aromatic N) is 2. The molecule has 1 saturated heterocycles. The summed E-state index contributed by atoms with van der Waals surface area (Å²) in [7, 11) is 3.22. The van der Waals surface area contributed by atoms with Crippen molar-refractivity contribution in [3.8, 4) is 11.5 Å². The second-order valence-electron chi connectivity index (χ2n) is 7.39. The third kappa shape index (κ3) is 6.04. The second kappa shape index (κ2) is 11.5. The Morgan fingerprint density at radius 1 is 1.13 bits per heavy atom. The van der Waals surface area contributed by atoms with Crippen molar-refractivity contribution in [3.63, 3.8) is 0 Å². The average Bonchev–Trinajstić information content (AvgIpc) is 3.28. The minimum atomic E-state index is 0.0615. The van der Waals surface area contributed by atoms with Crippen molar-refractivity contribution in [1.29, 1.82) is 0 Å².